The summed E-state index contributed by atoms with van der Waals surface area (Å²) in [5.74, 6) is 0. The van der Waals surface area contributed by atoms with Crippen LogP contribution in [-0.4, -0.2) is 14.5 Å². The quantitative estimate of drug-likeness (QED) is 0.858. The average molecular weight is 222 g/mol. The van der Waals surface area contributed by atoms with Crippen LogP contribution in [0.2, 0.25) is 0 Å². The summed E-state index contributed by atoms with van der Waals surface area (Å²) in [7, 11) is 0. The van der Waals surface area contributed by atoms with Crippen molar-refractivity contribution in [3.8, 4) is 0 Å². The molecule has 2 aromatic heterocycles. The van der Waals surface area contributed by atoms with Gasteiger partial charge in [0.25, 0.3) is 0 Å². The number of imidazole rings is 1. The maximum absolute atomic E-state index is 6.12. The minimum atomic E-state index is -0.154. The number of hydrogen-bond donors (Lipinski definition) is 1. The van der Waals surface area contributed by atoms with Crippen LogP contribution in [0.3, 0.4) is 0 Å². The molecule has 0 saturated carbocycles. The van der Waals surface area contributed by atoms with Gasteiger partial charge < -0.3 is 10.3 Å². The number of aryl methyl sites for hydroxylation is 1. The van der Waals surface area contributed by atoms with E-state index in [9.17, 15) is 0 Å². The second-order valence-electron chi connectivity index (χ2n) is 3.36. The van der Waals surface area contributed by atoms with Crippen molar-refractivity contribution in [1.82, 2.24) is 14.5 Å². The number of aromatic nitrogens is 3. The lowest BCUT2D eigenvalue weighted by molar-refractivity contribution is 0.624. The monoisotopic (exact) mass is 222 g/mol. The second-order valence-corrected chi connectivity index (χ2v) is 4.29. The molecule has 1 atom stereocenters. The van der Waals surface area contributed by atoms with E-state index in [2.05, 4.69) is 21.5 Å². The standard InChI is InChI=1S/C10H14N4S/c1-2-4-14-7-12-6-8(14)9(11)10-13-3-5-15-10/h3,5-7,9H,2,4,11H2,1H3. The van der Waals surface area contributed by atoms with Crippen molar-refractivity contribution < 1.29 is 0 Å². The summed E-state index contributed by atoms with van der Waals surface area (Å²) in [6, 6.07) is -0.154. The highest BCUT2D eigenvalue weighted by atomic mass is 32.1. The predicted molar refractivity (Wildman–Crippen MR) is 60.7 cm³/mol. The first-order chi connectivity index (χ1) is 7.33. The molecule has 0 amide bonds. The number of thiazole rings is 1. The van der Waals surface area contributed by atoms with Crippen LogP contribution in [0.1, 0.15) is 30.1 Å². The molecule has 0 saturated heterocycles. The van der Waals surface area contributed by atoms with Gasteiger partial charge in [-0.05, 0) is 6.42 Å². The Morgan fingerprint density at radius 3 is 3.13 bits per heavy atom. The molecule has 1 unspecified atom stereocenters. The van der Waals surface area contributed by atoms with Crippen molar-refractivity contribution in [3.05, 3.63) is 34.8 Å². The predicted octanol–water partition coefficient (Wildman–Crippen LogP) is 1.80. The van der Waals surface area contributed by atoms with Gasteiger partial charge in [0.15, 0.2) is 0 Å². The fourth-order valence-corrected chi connectivity index (χ4v) is 2.18. The minimum absolute atomic E-state index is 0.154. The van der Waals surface area contributed by atoms with Gasteiger partial charge in [0.05, 0.1) is 24.3 Å². The van der Waals surface area contributed by atoms with E-state index >= 15 is 0 Å². The molecule has 2 aromatic rings. The highest BCUT2D eigenvalue weighted by Gasteiger charge is 2.15. The number of rotatable bonds is 4. The average Bonchev–Trinajstić information content (AvgIpc) is 2.87. The van der Waals surface area contributed by atoms with Crippen molar-refractivity contribution in [2.24, 2.45) is 5.73 Å². The third-order valence-corrected chi connectivity index (χ3v) is 3.10. The van der Waals surface area contributed by atoms with Crippen molar-refractivity contribution in [2.45, 2.75) is 25.9 Å². The van der Waals surface area contributed by atoms with E-state index in [0.717, 1.165) is 23.7 Å². The Morgan fingerprint density at radius 1 is 1.60 bits per heavy atom. The zero-order valence-electron chi connectivity index (χ0n) is 8.63. The smallest absolute Gasteiger partial charge is 0.115 e. The van der Waals surface area contributed by atoms with E-state index in [1.54, 1.807) is 17.5 Å². The maximum Gasteiger partial charge on any atom is 0.115 e. The first-order valence-corrected chi connectivity index (χ1v) is 5.86. The van der Waals surface area contributed by atoms with E-state index < -0.39 is 0 Å². The molecule has 0 aliphatic carbocycles. The van der Waals surface area contributed by atoms with Gasteiger partial charge >= 0.3 is 0 Å². The molecule has 0 aliphatic rings. The zero-order chi connectivity index (χ0) is 10.7. The molecule has 2 N–H and O–H groups in total. The second kappa shape index (κ2) is 4.55. The van der Waals surface area contributed by atoms with Crippen LogP contribution in [0.5, 0.6) is 0 Å². The molecule has 0 aromatic carbocycles. The van der Waals surface area contributed by atoms with E-state index in [1.165, 1.54) is 0 Å². The molecule has 2 rings (SSSR count). The van der Waals surface area contributed by atoms with E-state index in [0.29, 0.717) is 0 Å². The van der Waals surface area contributed by atoms with Gasteiger partial charge in [-0.1, -0.05) is 6.92 Å². The minimum Gasteiger partial charge on any atom is -0.333 e. The lowest BCUT2D eigenvalue weighted by Gasteiger charge is -2.11. The summed E-state index contributed by atoms with van der Waals surface area (Å²) >= 11 is 1.58. The molecule has 0 bridgehead atoms. The molecular formula is C10H14N4S. The summed E-state index contributed by atoms with van der Waals surface area (Å²) in [5, 5.41) is 2.88. The number of nitrogens with zero attached hydrogens (tertiary/aromatic N) is 3. The van der Waals surface area contributed by atoms with Crippen LogP contribution in [0.15, 0.2) is 24.1 Å². The third kappa shape index (κ3) is 2.08. The Labute approximate surface area is 92.8 Å². The van der Waals surface area contributed by atoms with Gasteiger partial charge in [0, 0.05) is 18.1 Å². The molecular weight excluding hydrogens is 208 g/mol. The Bertz CT molecular complexity index is 407. The summed E-state index contributed by atoms with van der Waals surface area (Å²) in [4.78, 5) is 8.36. The molecule has 0 radical (unpaired) electrons. The van der Waals surface area contributed by atoms with Gasteiger partial charge in [-0.3, -0.25) is 0 Å². The van der Waals surface area contributed by atoms with E-state index in [4.69, 9.17) is 5.73 Å². The third-order valence-electron chi connectivity index (χ3n) is 2.25. The fraction of sp³-hybridized carbons (Fsp3) is 0.400. The fourth-order valence-electron chi connectivity index (χ4n) is 1.53. The Morgan fingerprint density at radius 2 is 2.47 bits per heavy atom. The van der Waals surface area contributed by atoms with Crippen molar-refractivity contribution in [1.29, 1.82) is 0 Å². The van der Waals surface area contributed by atoms with Crippen LogP contribution < -0.4 is 5.73 Å². The number of nitrogens with two attached hydrogens (primary N) is 1. The molecule has 5 heteroatoms. The maximum atomic E-state index is 6.12. The normalized spacial score (nSPS) is 12.9. The highest BCUT2D eigenvalue weighted by molar-refractivity contribution is 7.09. The molecule has 0 fully saturated rings. The lowest BCUT2D eigenvalue weighted by atomic mass is 10.2. The van der Waals surface area contributed by atoms with Crippen LogP contribution in [0.25, 0.3) is 0 Å². The zero-order valence-corrected chi connectivity index (χ0v) is 9.44. The lowest BCUT2D eigenvalue weighted by Crippen LogP contribution is -2.16. The molecule has 2 heterocycles. The van der Waals surface area contributed by atoms with Gasteiger partial charge in [-0.2, -0.15) is 0 Å². The topological polar surface area (TPSA) is 56.7 Å². The molecule has 4 nitrogen and oxygen atoms in total. The molecule has 0 spiro atoms. The van der Waals surface area contributed by atoms with Crippen LogP contribution >= 0.6 is 11.3 Å². The summed E-state index contributed by atoms with van der Waals surface area (Å²) < 4.78 is 2.09. The van der Waals surface area contributed by atoms with Crippen molar-refractivity contribution in [2.75, 3.05) is 0 Å². The van der Waals surface area contributed by atoms with Gasteiger partial charge in [-0.15, -0.1) is 11.3 Å². The summed E-state index contributed by atoms with van der Waals surface area (Å²) in [5.41, 5.74) is 7.16. The van der Waals surface area contributed by atoms with Crippen LogP contribution in [-0.2, 0) is 6.54 Å². The molecule has 0 aliphatic heterocycles. The highest BCUT2D eigenvalue weighted by Crippen LogP contribution is 2.21. The van der Waals surface area contributed by atoms with Crippen molar-refractivity contribution in [3.63, 3.8) is 0 Å². The Hall–Kier alpha value is -1.20. The largest absolute Gasteiger partial charge is 0.333 e. The van der Waals surface area contributed by atoms with Crippen LogP contribution in [0.4, 0.5) is 0 Å². The molecule has 80 valence electrons. The van der Waals surface area contributed by atoms with E-state index in [-0.39, 0.29) is 6.04 Å². The summed E-state index contributed by atoms with van der Waals surface area (Å²) in [6.07, 6.45) is 6.50. The van der Waals surface area contributed by atoms with Crippen LogP contribution in [0, 0.1) is 0 Å². The van der Waals surface area contributed by atoms with Gasteiger partial charge in [-0.25, -0.2) is 9.97 Å². The molecule has 15 heavy (non-hydrogen) atoms. The van der Waals surface area contributed by atoms with Crippen molar-refractivity contribution >= 4 is 11.3 Å². The first-order valence-electron chi connectivity index (χ1n) is 4.98. The summed E-state index contributed by atoms with van der Waals surface area (Å²) in [6.45, 7) is 3.09. The first kappa shape index (κ1) is 10.3. The Balaban J connectivity index is 2.25. The SMILES string of the molecule is CCCn1cncc1C(N)c1nccs1. The number of hydrogen-bond acceptors (Lipinski definition) is 4. The van der Waals surface area contributed by atoms with Gasteiger partial charge in [0.2, 0.25) is 0 Å². The van der Waals surface area contributed by atoms with Gasteiger partial charge in [0.1, 0.15) is 5.01 Å². The van der Waals surface area contributed by atoms with E-state index in [1.807, 2.05) is 17.9 Å². The Kier molecular flexibility index (Phi) is 3.13.